The summed E-state index contributed by atoms with van der Waals surface area (Å²) < 4.78 is 5.20. The Kier molecular flexibility index (Phi) is 7.65. The average Bonchev–Trinajstić information content (AvgIpc) is 3.08. The second-order valence-corrected chi connectivity index (χ2v) is 9.14. The molecule has 0 radical (unpaired) electrons. The number of rotatable bonds is 6. The van der Waals surface area contributed by atoms with Crippen molar-refractivity contribution in [2.75, 3.05) is 44.7 Å². The fourth-order valence-corrected chi connectivity index (χ4v) is 4.92. The van der Waals surface area contributed by atoms with E-state index in [2.05, 4.69) is 24.0 Å². The van der Waals surface area contributed by atoms with Crippen molar-refractivity contribution >= 4 is 17.5 Å². The first-order chi connectivity index (χ1) is 16.0. The molecule has 0 saturated carbocycles. The van der Waals surface area contributed by atoms with Crippen LogP contribution in [0, 0.1) is 0 Å². The van der Waals surface area contributed by atoms with Gasteiger partial charge in [0, 0.05) is 44.3 Å². The van der Waals surface area contributed by atoms with Crippen molar-refractivity contribution in [3.05, 3.63) is 59.7 Å². The summed E-state index contributed by atoms with van der Waals surface area (Å²) in [5.74, 6) is 1.18. The molecule has 6 heteroatoms. The van der Waals surface area contributed by atoms with E-state index < -0.39 is 0 Å². The highest BCUT2D eigenvalue weighted by Crippen LogP contribution is 2.30. The van der Waals surface area contributed by atoms with Gasteiger partial charge in [-0.25, -0.2) is 0 Å². The number of para-hydroxylation sites is 1. The van der Waals surface area contributed by atoms with Gasteiger partial charge in [-0.3, -0.25) is 14.5 Å². The van der Waals surface area contributed by atoms with Gasteiger partial charge in [0.2, 0.25) is 11.8 Å². The Morgan fingerprint density at radius 1 is 0.970 bits per heavy atom. The van der Waals surface area contributed by atoms with Crippen LogP contribution in [-0.4, -0.2) is 67.5 Å². The molecule has 1 fully saturated rings. The van der Waals surface area contributed by atoms with E-state index in [-0.39, 0.29) is 17.9 Å². The van der Waals surface area contributed by atoms with Gasteiger partial charge in [0.15, 0.2) is 0 Å². The maximum Gasteiger partial charge on any atom is 0.241 e. The minimum atomic E-state index is 0.161. The van der Waals surface area contributed by atoms with Crippen LogP contribution in [-0.2, 0) is 22.4 Å². The molecule has 4 rings (SSSR count). The predicted molar refractivity (Wildman–Crippen MR) is 131 cm³/mol. The van der Waals surface area contributed by atoms with Gasteiger partial charge in [-0.05, 0) is 61.9 Å². The third-order valence-corrected chi connectivity index (χ3v) is 6.88. The lowest BCUT2D eigenvalue weighted by atomic mass is 9.96. The molecule has 2 aromatic carbocycles. The Morgan fingerprint density at radius 2 is 1.76 bits per heavy atom. The summed E-state index contributed by atoms with van der Waals surface area (Å²) in [6.07, 6.45) is 4.16. The summed E-state index contributed by atoms with van der Waals surface area (Å²) in [5.41, 5.74) is 3.46. The number of amides is 2. The number of ether oxygens (including phenoxy) is 1. The van der Waals surface area contributed by atoms with Crippen molar-refractivity contribution in [1.82, 2.24) is 9.80 Å². The van der Waals surface area contributed by atoms with Crippen molar-refractivity contribution < 1.29 is 14.3 Å². The van der Waals surface area contributed by atoms with Gasteiger partial charge >= 0.3 is 0 Å². The second kappa shape index (κ2) is 10.8. The summed E-state index contributed by atoms with van der Waals surface area (Å²) in [4.78, 5) is 32.2. The number of fused-ring (bicyclic) bond motifs is 1. The van der Waals surface area contributed by atoms with Crippen LogP contribution >= 0.6 is 0 Å². The summed E-state index contributed by atoms with van der Waals surface area (Å²) in [6, 6.07) is 16.4. The van der Waals surface area contributed by atoms with Crippen LogP contribution < -0.4 is 9.64 Å². The average molecular weight is 450 g/mol. The van der Waals surface area contributed by atoms with Gasteiger partial charge in [-0.15, -0.1) is 0 Å². The maximum absolute atomic E-state index is 13.3. The van der Waals surface area contributed by atoms with Crippen molar-refractivity contribution in [1.29, 1.82) is 0 Å². The second-order valence-electron chi connectivity index (χ2n) is 9.14. The molecule has 176 valence electrons. The number of hydrogen-bond acceptors (Lipinski definition) is 4. The van der Waals surface area contributed by atoms with Gasteiger partial charge in [-0.2, -0.15) is 0 Å². The Hall–Kier alpha value is -2.86. The molecular formula is C27H35N3O3. The molecule has 0 bridgehead atoms. The maximum atomic E-state index is 13.3. The van der Waals surface area contributed by atoms with Gasteiger partial charge in [0.1, 0.15) is 5.75 Å². The van der Waals surface area contributed by atoms with Crippen LogP contribution in [0.4, 0.5) is 5.69 Å². The first kappa shape index (κ1) is 23.3. The number of carbonyl (C=O) groups excluding carboxylic acids is 2. The number of methoxy groups -OCH3 is 1. The van der Waals surface area contributed by atoms with Crippen LogP contribution in [0.1, 0.15) is 37.3 Å². The Labute approximate surface area is 197 Å². The zero-order chi connectivity index (χ0) is 23.2. The van der Waals surface area contributed by atoms with E-state index in [4.69, 9.17) is 4.74 Å². The molecule has 1 saturated heterocycles. The lowest BCUT2D eigenvalue weighted by Gasteiger charge is -2.36. The highest BCUT2D eigenvalue weighted by Gasteiger charge is 2.29. The smallest absolute Gasteiger partial charge is 0.241 e. The summed E-state index contributed by atoms with van der Waals surface area (Å²) >= 11 is 0. The number of hydrogen-bond donors (Lipinski definition) is 0. The summed E-state index contributed by atoms with van der Waals surface area (Å²) in [5, 5.41) is 0. The van der Waals surface area contributed by atoms with E-state index in [9.17, 15) is 9.59 Å². The van der Waals surface area contributed by atoms with E-state index in [0.717, 1.165) is 62.3 Å². The largest absolute Gasteiger partial charge is 0.497 e. The fourth-order valence-electron chi connectivity index (χ4n) is 4.92. The molecule has 1 unspecified atom stereocenters. The standard InChI is InChI=1S/C27H35N3O3/c1-21-8-12-23-6-3-4-7-25(23)30(21)27(32)20-28-16-5-17-29(19-18-28)26(31)15-11-22-9-13-24(33-2)14-10-22/h3-4,6-7,9-10,13-14,21H,5,8,11-12,15-20H2,1-2H3. The lowest BCUT2D eigenvalue weighted by molar-refractivity contribution is -0.131. The van der Waals surface area contributed by atoms with E-state index in [1.54, 1.807) is 7.11 Å². The monoisotopic (exact) mass is 449 g/mol. The van der Waals surface area contributed by atoms with E-state index in [1.807, 2.05) is 46.2 Å². The number of carbonyl (C=O) groups is 2. The predicted octanol–water partition coefficient (Wildman–Crippen LogP) is 3.53. The topological polar surface area (TPSA) is 53.1 Å². The minimum absolute atomic E-state index is 0.161. The normalized spacial score (nSPS) is 19.0. The van der Waals surface area contributed by atoms with Crippen LogP contribution in [0.25, 0.3) is 0 Å². The quantitative estimate of drug-likeness (QED) is 0.677. The fraction of sp³-hybridized carbons (Fsp3) is 0.481. The molecule has 6 nitrogen and oxygen atoms in total. The summed E-state index contributed by atoms with van der Waals surface area (Å²) in [7, 11) is 1.65. The van der Waals surface area contributed by atoms with E-state index in [1.165, 1.54) is 5.56 Å². The number of anilines is 1. The molecule has 33 heavy (non-hydrogen) atoms. The van der Waals surface area contributed by atoms with Crippen molar-refractivity contribution in [3.63, 3.8) is 0 Å². The van der Waals surface area contributed by atoms with Crippen LogP contribution in [0.15, 0.2) is 48.5 Å². The molecule has 2 heterocycles. The highest BCUT2D eigenvalue weighted by atomic mass is 16.5. The zero-order valence-electron chi connectivity index (χ0n) is 19.8. The zero-order valence-corrected chi connectivity index (χ0v) is 19.8. The van der Waals surface area contributed by atoms with E-state index >= 15 is 0 Å². The van der Waals surface area contributed by atoms with Crippen molar-refractivity contribution in [2.24, 2.45) is 0 Å². The lowest BCUT2D eigenvalue weighted by Crippen LogP contribution is -2.47. The number of aryl methyl sites for hydroxylation is 2. The Morgan fingerprint density at radius 3 is 2.55 bits per heavy atom. The van der Waals surface area contributed by atoms with Gasteiger partial charge in [0.05, 0.1) is 13.7 Å². The molecule has 2 aliphatic heterocycles. The molecule has 2 amide bonds. The first-order valence-corrected chi connectivity index (χ1v) is 12.1. The SMILES string of the molecule is COc1ccc(CCC(=O)N2CCCN(CC(=O)N3c4ccccc4CCC3C)CC2)cc1. The van der Waals surface area contributed by atoms with Crippen LogP contribution in [0.2, 0.25) is 0 Å². The third kappa shape index (κ3) is 5.74. The van der Waals surface area contributed by atoms with Crippen LogP contribution in [0.3, 0.4) is 0 Å². The first-order valence-electron chi connectivity index (χ1n) is 12.1. The molecule has 2 aromatic rings. The Bertz CT molecular complexity index is 959. The van der Waals surface area contributed by atoms with Gasteiger partial charge < -0.3 is 14.5 Å². The Balaban J connectivity index is 1.29. The molecule has 1 atom stereocenters. The third-order valence-electron chi connectivity index (χ3n) is 6.88. The molecule has 0 aromatic heterocycles. The number of benzene rings is 2. The van der Waals surface area contributed by atoms with E-state index in [0.29, 0.717) is 19.5 Å². The van der Waals surface area contributed by atoms with Gasteiger partial charge in [-0.1, -0.05) is 30.3 Å². The minimum Gasteiger partial charge on any atom is -0.497 e. The van der Waals surface area contributed by atoms with Crippen molar-refractivity contribution in [3.8, 4) is 5.75 Å². The summed E-state index contributed by atoms with van der Waals surface area (Å²) in [6.45, 7) is 5.57. The number of nitrogens with zero attached hydrogens (tertiary/aromatic N) is 3. The highest BCUT2D eigenvalue weighted by molar-refractivity contribution is 5.96. The van der Waals surface area contributed by atoms with Crippen LogP contribution in [0.5, 0.6) is 5.75 Å². The van der Waals surface area contributed by atoms with Gasteiger partial charge in [0.25, 0.3) is 0 Å². The molecule has 2 aliphatic rings. The molecule has 0 N–H and O–H groups in total. The van der Waals surface area contributed by atoms with Crippen molar-refractivity contribution in [2.45, 2.75) is 45.1 Å². The molecule has 0 spiro atoms. The molecular weight excluding hydrogens is 414 g/mol. The molecule has 0 aliphatic carbocycles.